The highest BCUT2D eigenvalue weighted by Gasteiger charge is 2.48. The van der Waals surface area contributed by atoms with E-state index in [0.29, 0.717) is 33.7 Å². The molecule has 0 amide bonds. The first-order chi connectivity index (χ1) is 21.3. The molecule has 6 heterocycles. The molecule has 0 bridgehead atoms. The molecule has 0 saturated carbocycles. The van der Waals surface area contributed by atoms with Crippen molar-refractivity contribution in [3.8, 4) is 34.2 Å². The van der Waals surface area contributed by atoms with Gasteiger partial charge in [0, 0.05) is 54.3 Å². The maximum Gasteiger partial charge on any atom is 0.269 e. The number of aromatic nitrogens is 10. The fourth-order valence-electron chi connectivity index (χ4n) is 4.99. The minimum Gasteiger partial charge on any atom is -0.265 e. The molecule has 10 nitrogen and oxygen atoms in total. The summed E-state index contributed by atoms with van der Waals surface area (Å²) < 4.78 is 0. The predicted octanol–water partition coefficient (Wildman–Crippen LogP) is 2.01. The lowest BCUT2D eigenvalue weighted by atomic mass is 10.2. The number of hydrogen-bond acceptors (Lipinski definition) is 10. The molecule has 43 heavy (non-hydrogen) atoms. The third-order valence-corrected chi connectivity index (χ3v) is 11.1. The maximum absolute atomic E-state index is 5.20. The van der Waals surface area contributed by atoms with Crippen LogP contribution >= 0.6 is 0 Å². The van der Waals surface area contributed by atoms with Crippen LogP contribution in [0.5, 0.6) is 0 Å². The molecule has 7 rings (SSSR count). The van der Waals surface area contributed by atoms with Gasteiger partial charge in [0.2, 0.25) is 0 Å². The van der Waals surface area contributed by atoms with Crippen LogP contribution in [0.4, 0.5) is 0 Å². The summed E-state index contributed by atoms with van der Waals surface area (Å²) in [5, 5.41) is 2.43. The summed E-state index contributed by atoms with van der Waals surface area (Å²) in [6.45, 7) is 0. The van der Waals surface area contributed by atoms with Gasteiger partial charge in [-0.15, -0.1) is 0 Å². The fraction of sp³-hybridized carbons (Fsp3) is 0. The minimum absolute atomic E-state index is 0.496. The van der Waals surface area contributed by atoms with Crippen LogP contribution < -0.4 is 21.3 Å². The van der Waals surface area contributed by atoms with Gasteiger partial charge in [0.25, 0.3) is 8.07 Å². The molecule has 0 N–H and O–H groups in total. The normalized spacial score (nSPS) is 12.4. The summed E-state index contributed by atoms with van der Waals surface area (Å²) in [5.41, 5.74) is 4.22. The van der Waals surface area contributed by atoms with Crippen LogP contribution in [0.25, 0.3) is 34.2 Å². The molecule has 0 saturated heterocycles. The molecule has 0 aliphatic carbocycles. The van der Waals surface area contributed by atoms with Crippen molar-refractivity contribution in [1.82, 2.24) is 49.8 Å². The fourth-order valence-corrected chi connectivity index (χ4v) is 8.97. The molecule has 0 fully saturated rings. The van der Waals surface area contributed by atoms with Gasteiger partial charge in [0.15, 0.2) is 5.82 Å². The smallest absolute Gasteiger partial charge is 0.265 e. The van der Waals surface area contributed by atoms with E-state index in [2.05, 4.69) is 42.0 Å². The van der Waals surface area contributed by atoms with Crippen LogP contribution in [0.15, 0.2) is 135 Å². The summed E-state index contributed by atoms with van der Waals surface area (Å²) in [6.07, 6.45) is 15.4. The minimum atomic E-state index is -3.43. The van der Waals surface area contributed by atoms with Crippen molar-refractivity contribution in [2.24, 2.45) is 0 Å². The van der Waals surface area contributed by atoms with Crippen molar-refractivity contribution in [3.63, 3.8) is 0 Å². The van der Waals surface area contributed by atoms with E-state index in [1.165, 1.54) is 6.33 Å². The zero-order valence-corrected chi connectivity index (χ0v) is 23.7. The summed E-state index contributed by atoms with van der Waals surface area (Å²) in [5.74, 6) is 0.496. The number of rotatable bonds is 7. The molecule has 11 heteroatoms. The van der Waals surface area contributed by atoms with Crippen LogP contribution in [0.3, 0.4) is 0 Å². The number of nitrogens with zero attached hydrogens (tertiary/aromatic N) is 10. The van der Waals surface area contributed by atoms with Crippen molar-refractivity contribution in [2.45, 2.75) is 0 Å². The van der Waals surface area contributed by atoms with Gasteiger partial charge in [0.1, 0.15) is 23.2 Å². The zero-order chi connectivity index (χ0) is 28.9. The van der Waals surface area contributed by atoms with Gasteiger partial charge in [-0.05, 0) is 47.7 Å². The van der Waals surface area contributed by atoms with E-state index in [4.69, 9.17) is 19.9 Å². The molecule has 1 aromatic carbocycles. The molecular formula is C32H22N10Si. The standard InChI is InChI=1S/C32H22N10Si/c1-2-6-24(7-3-1)43(29-13-19-37-31(42-29)27-8-4-5-14-36-27,30-21-35-20-28(40-30)26-11-17-34-22-39-26)32-38-18-12-25(41-32)23-9-15-33-16-10-23/h1-22H. The Morgan fingerprint density at radius 2 is 1.26 bits per heavy atom. The average Bonchev–Trinajstić information content (AvgIpc) is 3.11. The molecule has 0 radical (unpaired) electrons. The molecule has 1 unspecified atom stereocenters. The van der Waals surface area contributed by atoms with Gasteiger partial charge in [-0.2, -0.15) is 0 Å². The van der Waals surface area contributed by atoms with E-state index in [-0.39, 0.29) is 0 Å². The van der Waals surface area contributed by atoms with Crippen LogP contribution in [0.2, 0.25) is 0 Å². The third kappa shape index (κ3) is 4.93. The van der Waals surface area contributed by atoms with Crippen molar-refractivity contribution in [1.29, 1.82) is 0 Å². The lowest BCUT2D eigenvalue weighted by molar-refractivity contribution is 1.13. The predicted molar refractivity (Wildman–Crippen MR) is 164 cm³/mol. The highest BCUT2D eigenvalue weighted by atomic mass is 28.3. The van der Waals surface area contributed by atoms with Crippen LogP contribution in [0.1, 0.15) is 0 Å². The Morgan fingerprint density at radius 3 is 2.07 bits per heavy atom. The van der Waals surface area contributed by atoms with Crippen LogP contribution in [-0.4, -0.2) is 57.9 Å². The van der Waals surface area contributed by atoms with E-state index >= 15 is 0 Å². The summed E-state index contributed by atoms with van der Waals surface area (Å²) in [7, 11) is -3.43. The van der Waals surface area contributed by atoms with Crippen LogP contribution in [0, 0.1) is 0 Å². The average molecular weight is 575 g/mol. The molecular weight excluding hydrogens is 553 g/mol. The summed E-state index contributed by atoms with van der Waals surface area (Å²) in [6, 6.07) is 25.3. The Morgan fingerprint density at radius 1 is 0.442 bits per heavy atom. The second-order valence-corrected chi connectivity index (χ2v) is 13.0. The molecule has 6 aromatic heterocycles. The Labute approximate surface area is 247 Å². The monoisotopic (exact) mass is 574 g/mol. The summed E-state index contributed by atoms with van der Waals surface area (Å²) >= 11 is 0. The topological polar surface area (TPSA) is 129 Å². The van der Waals surface area contributed by atoms with Gasteiger partial charge < -0.3 is 0 Å². The van der Waals surface area contributed by atoms with Crippen molar-refractivity contribution >= 4 is 29.3 Å². The summed E-state index contributed by atoms with van der Waals surface area (Å²) in [4.78, 5) is 46.9. The van der Waals surface area contributed by atoms with Crippen molar-refractivity contribution in [2.75, 3.05) is 0 Å². The molecule has 0 spiro atoms. The number of hydrogen-bond donors (Lipinski definition) is 0. The first-order valence-corrected chi connectivity index (χ1v) is 15.5. The number of pyridine rings is 2. The van der Waals surface area contributed by atoms with Crippen LogP contribution in [-0.2, 0) is 0 Å². The van der Waals surface area contributed by atoms with Crippen molar-refractivity contribution in [3.05, 3.63) is 135 Å². The molecule has 7 aromatic rings. The van der Waals surface area contributed by atoms with E-state index < -0.39 is 8.07 Å². The SMILES string of the molecule is c1ccc([Si](c2cncc(-c3ccncn3)n2)(c2ccnc(-c3ccccn3)n2)c2nccc(-c3ccncc3)n2)cc1. The highest BCUT2D eigenvalue weighted by molar-refractivity contribution is 7.18. The molecule has 204 valence electrons. The van der Waals surface area contributed by atoms with Crippen molar-refractivity contribution < 1.29 is 0 Å². The van der Waals surface area contributed by atoms with E-state index in [1.807, 2.05) is 66.7 Å². The molecule has 0 aliphatic heterocycles. The Hall–Kier alpha value is -5.94. The van der Waals surface area contributed by atoms with Gasteiger partial charge in [-0.1, -0.05) is 36.4 Å². The lowest BCUT2D eigenvalue weighted by Gasteiger charge is -2.30. The second kappa shape index (κ2) is 11.5. The van der Waals surface area contributed by atoms with E-state index in [0.717, 1.165) is 21.8 Å². The second-order valence-electron chi connectivity index (χ2n) is 9.48. The van der Waals surface area contributed by atoms with Gasteiger partial charge >= 0.3 is 0 Å². The Balaban J connectivity index is 1.56. The lowest BCUT2D eigenvalue weighted by Crippen LogP contribution is -2.77. The largest absolute Gasteiger partial charge is 0.269 e. The molecule has 1 atom stereocenters. The zero-order valence-electron chi connectivity index (χ0n) is 22.7. The van der Waals surface area contributed by atoms with Gasteiger partial charge in [-0.25, -0.2) is 29.9 Å². The first kappa shape index (κ1) is 26.0. The maximum atomic E-state index is 5.20. The number of benzene rings is 1. The molecule has 0 aliphatic rings. The Bertz CT molecular complexity index is 1780. The third-order valence-electron chi connectivity index (χ3n) is 6.97. The van der Waals surface area contributed by atoms with Gasteiger partial charge in [-0.3, -0.25) is 19.9 Å². The quantitative estimate of drug-likeness (QED) is 0.261. The Kier molecular flexibility index (Phi) is 6.95. The van der Waals surface area contributed by atoms with E-state index in [9.17, 15) is 0 Å². The highest BCUT2D eigenvalue weighted by Crippen LogP contribution is 2.17. The first-order valence-electron chi connectivity index (χ1n) is 13.5. The van der Waals surface area contributed by atoms with E-state index in [1.54, 1.807) is 49.6 Å². The van der Waals surface area contributed by atoms with Gasteiger partial charge in [0.05, 0.1) is 22.9 Å².